The number of rotatable bonds is 0. The zero-order valence-corrected chi connectivity index (χ0v) is 11.7. The molecule has 0 unspecified atom stereocenters. The fourth-order valence-corrected chi connectivity index (χ4v) is 2.50. The summed E-state index contributed by atoms with van der Waals surface area (Å²) in [4.78, 5) is 4.47. The first-order valence-electron chi connectivity index (χ1n) is 6.53. The van der Waals surface area contributed by atoms with Gasteiger partial charge in [0.1, 0.15) is 0 Å². The summed E-state index contributed by atoms with van der Waals surface area (Å²) in [5, 5.41) is 0.831. The molecule has 0 saturated carbocycles. The van der Waals surface area contributed by atoms with Crippen LogP contribution in [0.15, 0.2) is 36.5 Å². The molecule has 3 rings (SSSR count). The van der Waals surface area contributed by atoms with Gasteiger partial charge in [-0.1, -0.05) is 37.6 Å². The molecule has 1 aromatic carbocycles. The average Bonchev–Trinajstić information content (AvgIpc) is 2.60. The number of hydrogen-bond acceptors (Lipinski definition) is 1. The molecular weight excluding hydrogens is 242 g/mol. The van der Waals surface area contributed by atoms with E-state index in [1.807, 2.05) is 32.2 Å². The van der Waals surface area contributed by atoms with Gasteiger partial charge in [0.25, 0.3) is 0 Å². The molecule has 1 nitrogen and oxygen atoms in total. The molecule has 0 amide bonds. The maximum Gasteiger partial charge on any atom is 0.0479 e. The summed E-state index contributed by atoms with van der Waals surface area (Å²) in [6.45, 7) is 4.00. The Bertz CT molecular complexity index is 534. The first-order chi connectivity index (χ1) is 8.83. The van der Waals surface area contributed by atoms with Crippen molar-refractivity contribution in [3.05, 3.63) is 63.9 Å². The molecule has 0 radical (unpaired) electrons. The topological polar surface area (TPSA) is 12.9 Å². The van der Waals surface area contributed by atoms with Crippen LogP contribution >= 0.6 is 11.6 Å². The SMILES string of the molecule is CC.Clc1ccc2c(c1)CCc1cccnc1C2. The van der Waals surface area contributed by atoms with Crippen LogP contribution in [0.3, 0.4) is 0 Å². The lowest BCUT2D eigenvalue weighted by molar-refractivity contribution is 0.952. The third-order valence-electron chi connectivity index (χ3n) is 3.17. The summed E-state index contributed by atoms with van der Waals surface area (Å²) < 4.78 is 0. The zero-order valence-electron chi connectivity index (χ0n) is 10.9. The number of fused-ring (bicyclic) bond motifs is 2. The highest BCUT2D eigenvalue weighted by atomic mass is 35.5. The molecule has 2 heteroatoms. The maximum absolute atomic E-state index is 6.03. The van der Waals surface area contributed by atoms with Crippen molar-refractivity contribution in [2.75, 3.05) is 0 Å². The Morgan fingerprint density at radius 1 is 1.00 bits per heavy atom. The standard InChI is InChI=1S/C14H12ClN.C2H6/c15-13-6-5-12-9-14-10(2-1-7-16-14)3-4-11(12)8-13;1-2/h1-2,5-8H,3-4,9H2;1-2H3. The van der Waals surface area contributed by atoms with Crippen molar-refractivity contribution >= 4 is 11.6 Å². The van der Waals surface area contributed by atoms with Crippen LogP contribution in [0.5, 0.6) is 0 Å². The van der Waals surface area contributed by atoms with Crippen LogP contribution < -0.4 is 0 Å². The predicted octanol–water partition coefficient (Wildman–Crippen LogP) is 4.45. The smallest absolute Gasteiger partial charge is 0.0479 e. The maximum atomic E-state index is 6.03. The predicted molar refractivity (Wildman–Crippen MR) is 77.3 cm³/mol. The molecule has 2 aromatic rings. The second-order valence-corrected chi connectivity index (χ2v) is 4.64. The van der Waals surface area contributed by atoms with Gasteiger partial charge in [-0.3, -0.25) is 4.98 Å². The van der Waals surface area contributed by atoms with Gasteiger partial charge in [-0.05, 0) is 47.7 Å². The highest BCUT2D eigenvalue weighted by molar-refractivity contribution is 6.30. The van der Waals surface area contributed by atoms with Gasteiger partial charge in [0.15, 0.2) is 0 Å². The molecule has 1 aliphatic rings. The quantitative estimate of drug-likeness (QED) is 0.681. The monoisotopic (exact) mass is 259 g/mol. The molecule has 1 aromatic heterocycles. The van der Waals surface area contributed by atoms with Crippen LogP contribution in [0, 0.1) is 0 Å². The number of pyridine rings is 1. The minimum Gasteiger partial charge on any atom is -0.261 e. The average molecular weight is 260 g/mol. The van der Waals surface area contributed by atoms with Crippen LogP contribution in [0.1, 0.15) is 36.2 Å². The van der Waals surface area contributed by atoms with E-state index in [0.29, 0.717) is 0 Å². The van der Waals surface area contributed by atoms with E-state index >= 15 is 0 Å². The van der Waals surface area contributed by atoms with Gasteiger partial charge in [-0.2, -0.15) is 0 Å². The van der Waals surface area contributed by atoms with E-state index in [1.165, 1.54) is 22.4 Å². The Morgan fingerprint density at radius 3 is 2.61 bits per heavy atom. The first-order valence-corrected chi connectivity index (χ1v) is 6.91. The zero-order chi connectivity index (χ0) is 13.0. The number of aryl methyl sites for hydroxylation is 2. The summed E-state index contributed by atoms with van der Waals surface area (Å²) in [7, 11) is 0. The number of nitrogens with zero attached hydrogens (tertiary/aromatic N) is 1. The van der Waals surface area contributed by atoms with Crippen molar-refractivity contribution in [2.24, 2.45) is 0 Å². The van der Waals surface area contributed by atoms with Crippen LogP contribution in [0.25, 0.3) is 0 Å². The Hall–Kier alpha value is -1.34. The van der Waals surface area contributed by atoms with Gasteiger partial charge in [0.2, 0.25) is 0 Å². The van der Waals surface area contributed by atoms with Crippen LogP contribution in [-0.4, -0.2) is 4.98 Å². The Labute approximate surface area is 114 Å². The number of benzene rings is 1. The molecule has 0 spiro atoms. The fraction of sp³-hybridized carbons (Fsp3) is 0.312. The molecule has 1 aliphatic carbocycles. The van der Waals surface area contributed by atoms with E-state index in [-0.39, 0.29) is 0 Å². The van der Waals surface area contributed by atoms with Crippen LogP contribution in [0.4, 0.5) is 0 Å². The van der Waals surface area contributed by atoms with E-state index in [2.05, 4.69) is 23.2 Å². The molecule has 18 heavy (non-hydrogen) atoms. The molecule has 0 saturated heterocycles. The minimum atomic E-state index is 0.831. The van der Waals surface area contributed by atoms with Crippen molar-refractivity contribution in [3.63, 3.8) is 0 Å². The highest BCUT2D eigenvalue weighted by Gasteiger charge is 2.13. The molecule has 94 valence electrons. The van der Waals surface area contributed by atoms with Gasteiger partial charge in [0, 0.05) is 23.3 Å². The van der Waals surface area contributed by atoms with Gasteiger partial charge >= 0.3 is 0 Å². The van der Waals surface area contributed by atoms with Gasteiger partial charge in [0.05, 0.1) is 0 Å². The van der Waals surface area contributed by atoms with E-state index in [1.54, 1.807) is 0 Å². The van der Waals surface area contributed by atoms with E-state index in [4.69, 9.17) is 11.6 Å². The lowest BCUT2D eigenvalue weighted by Crippen LogP contribution is -1.95. The van der Waals surface area contributed by atoms with Crippen molar-refractivity contribution in [2.45, 2.75) is 33.1 Å². The lowest BCUT2D eigenvalue weighted by Gasteiger charge is -2.05. The minimum absolute atomic E-state index is 0.831. The number of halogens is 1. The van der Waals surface area contributed by atoms with Crippen LogP contribution in [0.2, 0.25) is 5.02 Å². The summed E-state index contributed by atoms with van der Waals surface area (Å²) in [6, 6.07) is 10.4. The molecule has 0 fully saturated rings. The summed E-state index contributed by atoms with van der Waals surface area (Å²) in [5.74, 6) is 0. The second kappa shape index (κ2) is 6.01. The van der Waals surface area contributed by atoms with Crippen molar-refractivity contribution in [1.29, 1.82) is 0 Å². The van der Waals surface area contributed by atoms with Crippen molar-refractivity contribution < 1.29 is 0 Å². The number of hydrogen-bond donors (Lipinski definition) is 0. The molecule has 1 heterocycles. The van der Waals surface area contributed by atoms with Crippen molar-refractivity contribution in [3.8, 4) is 0 Å². The van der Waals surface area contributed by atoms with E-state index in [0.717, 1.165) is 24.3 Å². The molecule has 0 bridgehead atoms. The second-order valence-electron chi connectivity index (χ2n) is 4.20. The molecule has 0 atom stereocenters. The lowest BCUT2D eigenvalue weighted by atomic mass is 10.0. The van der Waals surface area contributed by atoms with Crippen LogP contribution in [-0.2, 0) is 19.3 Å². The first kappa shape index (κ1) is 13.1. The molecular formula is C16H18ClN. The van der Waals surface area contributed by atoms with E-state index < -0.39 is 0 Å². The number of aromatic nitrogens is 1. The summed E-state index contributed by atoms with van der Waals surface area (Å²) in [6.07, 6.45) is 4.94. The van der Waals surface area contributed by atoms with Gasteiger partial charge in [-0.15, -0.1) is 0 Å². The summed E-state index contributed by atoms with van der Waals surface area (Å²) >= 11 is 6.03. The normalized spacial score (nSPS) is 12.6. The Morgan fingerprint density at radius 2 is 1.78 bits per heavy atom. The third-order valence-corrected chi connectivity index (χ3v) is 3.41. The molecule has 0 N–H and O–H groups in total. The summed E-state index contributed by atoms with van der Waals surface area (Å²) in [5.41, 5.74) is 5.31. The van der Waals surface area contributed by atoms with Gasteiger partial charge in [-0.25, -0.2) is 0 Å². The molecule has 0 aliphatic heterocycles. The van der Waals surface area contributed by atoms with E-state index in [9.17, 15) is 0 Å². The fourth-order valence-electron chi connectivity index (χ4n) is 2.31. The highest BCUT2D eigenvalue weighted by Crippen LogP contribution is 2.25. The Kier molecular flexibility index (Phi) is 4.38. The Balaban J connectivity index is 0.000000574. The third kappa shape index (κ3) is 2.73. The van der Waals surface area contributed by atoms with Gasteiger partial charge < -0.3 is 0 Å². The van der Waals surface area contributed by atoms with Crippen molar-refractivity contribution in [1.82, 2.24) is 4.98 Å². The largest absolute Gasteiger partial charge is 0.261 e.